The molecule has 1 amide bonds. The molecule has 0 unspecified atom stereocenters. The number of carbonyl (C=O) groups excluding carboxylic acids is 3. The summed E-state index contributed by atoms with van der Waals surface area (Å²) in [6.45, 7) is 10.6. The Balaban J connectivity index is 5.00. The first-order valence-corrected chi connectivity index (χ1v) is 9.17. The zero-order valence-electron chi connectivity index (χ0n) is 16.7. The highest BCUT2D eigenvalue weighted by atomic mass is 16.6. The van der Waals surface area contributed by atoms with Crippen LogP contribution in [0.2, 0.25) is 0 Å². The van der Waals surface area contributed by atoms with Crippen molar-refractivity contribution < 1.29 is 28.6 Å². The van der Waals surface area contributed by atoms with E-state index in [0.29, 0.717) is 6.42 Å². The number of hydrogen-bond acceptors (Lipinski definition) is 5. The molecule has 1 atom stereocenters. The molecule has 0 spiro atoms. The second kappa shape index (κ2) is 12.8. The molecule has 0 fully saturated rings. The molecule has 0 heterocycles. The van der Waals surface area contributed by atoms with Gasteiger partial charge in [-0.25, -0.2) is 9.59 Å². The number of carbonyl (C=O) groups is 3. The van der Waals surface area contributed by atoms with Gasteiger partial charge in [0.25, 0.3) is 5.78 Å². The fraction of sp³-hybridized carbons (Fsp3) is 0.684. The van der Waals surface area contributed by atoms with Crippen molar-refractivity contribution in [2.24, 2.45) is 0 Å². The second-order valence-electron chi connectivity index (χ2n) is 7.16. The molecule has 0 saturated heterocycles. The van der Waals surface area contributed by atoms with Gasteiger partial charge in [-0.05, 0) is 27.2 Å². The third kappa shape index (κ3) is 11.7. The van der Waals surface area contributed by atoms with Gasteiger partial charge >= 0.3 is 17.8 Å². The van der Waals surface area contributed by atoms with E-state index in [2.05, 4.69) is 23.6 Å². The van der Waals surface area contributed by atoms with E-state index in [9.17, 15) is 14.4 Å². The molecule has 1 N–H and O–H groups in total. The lowest BCUT2D eigenvalue weighted by Gasteiger charge is -2.23. The van der Waals surface area contributed by atoms with Crippen molar-refractivity contribution in [1.82, 2.24) is 5.32 Å². The van der Waals surface area contributed by atoms with Crippen LogP contribution in [-0.2, 0) is 19.1 Å². The maximum absolute atomic E-state index is 12.3. The predicted octanol–water partition coefficient (Wildman–Crippen LogP) is 3.21. The molecule has 0 rings (SSSR count). The Morgan fingerprint density at radius 3 is 2.41 bits per heavy atom. The number of ketones is 1. The summed E-state index contributed by atoms with van der Waals surface area (Å²) in [6, 6.07) is -0.548. The Kier molecular flexibility index (Phi) is 11.6. The summed E-state index contributed by atoms with van der Waals surface area (Å²) in [4.78, 5) is 38.9. The molecular formula is C19H31N3O5. The number of unbranched alkanes of at least 4 members (excludes halogenated alkanes) is 3. The molecule has 0 aromatic rings. The van der Waals surface area contributed by atoms with Gasteiger partial charge in [0.15, 0.2) is 0 Å². The van der Waals surface area contributed by atoms with Gasteiger partial charge in [-0.1, -0.05) is 45.3 Å². The minimum atomic E-state index is -1.04. The number of nitrogens with one attached hydrogen (secondary N) is 1. The van der Waals surface area contributed by atoms with Crippen LogP contribution >= 0.6 is 0 Å². The first-order valence-electron chi connectivity index (χ1n) is 9.17. The third-order valence-electron chi connectivity index (χ3n) is 3.45. The highest BCUT2D eigenvalue weighted by Gasteiger charge is 2.33. The number of rotatable bonds is 12. The van der Waals surface area contributed by atoms with E-state index in [1.807, 2.05) is 0 Å². The molecule has 0 aliphatic rings. The molecule has 0 aliphatic carbocycles. The maximum atomic E-state index is 12.3. The van der Waals surface area contributed by atoms with Crippen molar-refractivity contribution in [3.63, 3.8) is 0 Å². The Morgan fingerprint density at radius 2 is 1.89 bits per heavy atom. The van der Waals surface area contributed by atoms with Crippen molar-refractivity contribution >= 4 is 23.6 Å². The average Bonchev–Trinajstić information content (AvgIpc) is 2.55. The fourth-order valence-corrected chi connectivity index (χ4v) is 2.25. The molecule has 152 valence electrons. The number of esters is 1. The van der Waals surface area contributed by atoms with Crippen LogP contribution in [0.1, 0.15) is 66.2 Å². The normalized spacial score (nSPS) is 11.7. The van der Waals surface area contributed by atoms with Crippen LogP contribution in [0.15, 0.2) is 12.7 Å². The highest BCUT2D eigenvalue weighted by Crippen LogP contribution is 2.12. The van der Waals surface area contributed by atoms with Gasteiger partial charge in [0, 0.05) is 12.5 Å². The van der Waals surface area contributed by atoms with E-state index in [1.54, 1.807) is 20.8 Å². The molecule has 0 aromatic carbocycles. The molecular weight excluding hydrogens is 350 g/mol. The maximum Gasteiger partial charge on any atom is 0.441 e. The van der Waals surface area contributed by atoms with Gasteiger partial charge in [0.05, 0.1) is 0 Å². The summed E-state index contributed by atoms with van der Waals surface area (Å²) in [5.74, 6) is -1.76. The SMILES string of the molecule is C=CCOC(=O)C(=[N+]=[N-])C(=O)C[C@H](CCCCCC)NC(=O)OC(C)(C)C. The monoisotopic (exact) mass is 381 g/mol. The van der Waals surface area contributed by atoms with E-state index < -0.39 is 35.2 Å². The van der Waals surface area contributed by atoms with Crippen LogP contribution in [-0.4, -0.2) is 46.6 Å². The third-order valence-corrected chi connectivity index (χ3v) is 3.45. The van der Waals surface area contributed by atoms with Gasteiger partial charge < -0.3 is 20.3 Å². The van der Waals surface area contributed by atoms with Crippen molar-refractivity contribution in [2.75, 3.05) is 6.61 Å². The predicted molar refractivity (Wildman–Crippen MR) is 101 cm³/mol. The first kappa shape index (κ1) is 24.5. The smallest absolute Gasteiger partial charge is 0.441 e. The van der Waals surface area contributed by atoms with Crippen molar-refractivity contribution in [1.29, 1.82) is 0 Å². The van der Waals surface area contributed by atoms with Crippen molar-refractivity contribution in [2.45, 2.75) is 77.9 Å². The number of alkyl carbamates (subject to hydrolysis) is 1. The Hall–Kier alpha value is -2.47. The second-order valence-corrected chi connectivity index (χ2v) is 7.16. The average molecular weight is 381 g/mol. The van der Waals surface area contributed by atoms with Crippen LogP contribution in [0, 0.1) is 0 Å². The summed E-state index contributed by atoms with van der Waals surface area (Å²) in [5.41, 5.74) is 7.61. The van der Waals surface area contributed by atoms with Crippen LogP contribution in [0.3, 0.4) is 0 Å². The summed E-state index contributed by atoms with van der Waals surface area (Å²) in [6.07, 6.45) is 4.88. The van der Waals surface area contributed by atoms with E-state index in [4.69, 9.17) is 15.0 Å². The molecule has 8 heteroatoms. The molecule has 0 bridgehead atoms. The number of amides is 1. The minimum Gasteiger partial charge on any atom is -0.453 e. The first-order chi connectivity index (χ1) is 12.6. The Morgan fingerprint density at radius 1 is 1.22 bits per heavy atom. The quantitative estimate of drug-likeness (QED) is 0.106. The lowest BCUT2D eigenvalue weighted by Crippen LogP contribution is -2.42. The lowest BCUT2D eigenvalue weighted by atomic mass is 10.0. The van der Waals surface area contributed by atoms with E-state index in [0.717, 1.165) is 25.7 Å². The van der Waals surface area contributed by atoms with E-state index in [1.165, 1.54) is 6.08 Å². The van der Waals surface area contributed by atoms with Crippen molar-refractivity contribution in [3.8, 4) is 0 Å². The van der Waals surface area contributed by atoms with Crippen LogP contribution in [0.5, 0.6) is 0 Å². The Labute approximate surface area is 160 Å². The largest absolute Gasteiger partial charge is 0.453 e. The zero-order chi connectivity index (χ0) is 20.9. The molecule has 0 aliphatic heterocycles. The lowest BCUT2D eigenvalue weighted by molar-refractivity contribution is -0.141. The molecule has 8 nitrogen and oxygen atoms in total. The molecule has 0 saturated carbocycles. The summed E-state index contributed by atoms with van der Waals surface area (Å²) in [7, 11) is 0. The van der Waals surface area contributed by atoms with Gasteiger partial charge in [-0.15, -0.1) is 0 Å². The van der Waals surface area contributed by atoms with Gasteiger partial charge in [-0.2, -0.15) is 4.79 Å². The van der Waals surface area contributed by atoms with Crippen LogP contribution < -0.4 is 5.32 Å². The number of nitrogens with zero attached hydrogens (tertiary/aromatic N) is 2. The Bertz CT molecular complexity index is 574. The van der Waals surface area contributed by atoms with Crippen LogP contribution in [0.4, 0.5) is 4.79 Å². The highest BCUT2D eigenvalue weighted by molar-refractivity contribution is 6.62. The summed E-state index contributed by atoms with van der Waals surface area (Å²) >= 11 is 0. The van der Waals surface area contributed by atoms with Crippen LogP contribution in [0.25, 0.3) is 5.53 Å². The summed E-state index contributed by atoms with van der Waals surface area (Å²) < 4.78 is 9.95. The van der Waals surface area contributed by atoms with Gasteiger partial charge in [0.2, 0.25) is 0 Å². The minimum absolute atomic E-state index is 0.109. The number of hydrogen-bond donors (Lipinski definition) is 1. The fourth-order valence-electron chi connectivity index (χ4n) is 2.25. The van der Waals surface area contributed by atoms with E-state index >= 15 is 0 Å². The van der Waals surface area contributed by atoms with Crippen molar-refractivity contribution in [3.05, 3.63) is 18.2 Å². The molecule has 0 radical (unpaired) electrons. The van der Waals surface area contributed by atoms with E-state index in [-0.39, 0.29) is 13.0 Å². The number of Topliss-reactive ketones (excluding diaryl/α,β-unsaturated/α-hetero) is 1. The topological polar surface area (TPSA) is 118 Å². The number of ether oxygens (including phenoxy) is 2. The molecule has 0 aromatic heterocycles. The van der Waals surface area contributed by atoms with Gasteiger partial charge in [0.1, 0.15) is 12.2 Å². The standard InChI is InChI=1S/C19H31N3O5/c1-6-8-9-10-11-14(21-18(25)27-19(3,4)5)13-15(23)16(22-20)17(24)26-12-7-2/h7,14H,2,6,8-13H2,1,3-5H3,(H,21,25)/t14-/m0/s1. The van der Waals surface area contributed by atoms with Gasteiger partial charge in [-0.3, -0.25) is 4.79 Å². The molecule has 27 heavy (non-hydrogen) atoms. The summed E-state index contributed by atoms with van der Waals surface area (Å²) in [5, 5.41) is 2.66. The zero-order valence-corrected chi connectivity index (χ0v) is 16.7.